The number of unbranched alkanes of at least 4 members (excludes halogenated alkanes) is 1. The average molecular weight is 328 g/mol. The largest absolute Gasteiger partial charge is 0.497 e. The Kier molecular flexibility index (Phi) is 6.18. The highest BCUT2D eigenvalue weighted by molar-refractivity contribution is 5.93. The fourth-order valence-corrected chi connectivity index (χ4v) is 2.52. The van der Waals surface area contributed by atoms with Crippen LogP contribution in [0.4, 0.5) is 0 Å². The quantitative estimate of drug-likeness (QED) is 0.785. The number of amides is 1. The molecule has 1 aromatic heterocycles. The Morgan fingerprint density at radius 1 is 1.25 bits per heavy atom. The second-order valence-corrected chi connectivity index (χ2v) is 5.77. The van der Waals surface area contributed by atoms with Crippen molar-refractivity contribution in [3.8, 4) is 5.75 Å². The van der Waals surface area contributed by atoms with Gasteiger partial charge in [-0.3, -0.25) is 9.59 Å². The molecule has 0 aliphatic rings. The van der Waals surface area contributed by atoms with Crippen LogP contribution in [0.1, 0.15) is 35.7 Å². The summed E-state index contributed by atoms with van der Waals surface area (Å²) in [4.78, 5) is 26.8. The van der Waals surface area contributed by atoms with Gasteiger partial charge >= 0.3 is 0 Å². The minimum atomic E-state index is -0.269. The molecule has 0 bridgehead atoms. The molecule has 2 rings (SSSR count). The van der Waals surface area contributed by atoms with Crippen LogP contribution in [-0.4, -0.2) is 29.0 Å². The molecule has 24 heavy (non-hydrogen) atoms. The fraction of sp³-hybridized carbons (Fsp3) is 0.368. The van der Waals surface area contributed by atoms with Crippen molar-refractivity contribution in [2.75, 3.05) is 13.7 Å². The van der Waals surface area contributed by atoms with Gasteiger partial charge in [0, 0.05) is 26.3 Å². The maximum absolute atomic E-state index is 12.9. The maximum Gasteiger partial charge on any atom is 0.263 e. The van der Waals surface area contributed by atoms with Crippen molar-refractivity contribution in [2.45, 2.75) is 26.3 Å². The molecular weight excluding hydrogens is 304 g/mol. The number of ether oxygens (including phenoxy) is 1. The van der Waals surface area contributed by atoms with E-state index < -0.39 is 0 Å². The highest BCUT2D eigenvalue weighted by Gasteiger charge is 2.19. The lowest BCUT2D eigenvalue weighted by molar-refractivity contribution is 0.0738. The van der Waals surface area contributed by atoms with Crippen LogP contribution in [0, 0.1) is 0 Å². The van der Waals surface area contributed by atoms with Crippen LogP contribution < -0.4 is 10.3 Å². The standard InChI is InChI=1S/C19H24N2O3/c1-4-5-12-21(14-15-8-6-9-16(13-15)24-3)19(23)17-10-7-11-20(2)18(17)22/h6-11,13H,4-5,12,14H2,1-3H3. The summed E-state index contributed by atoms with van der Waals surface area (Å²) in [6.07, 6.45) is 3.52. The van der Waals surface area contributed by atoms with Crippen LogP contribution >= 0.6 is 0 Å². The molecule has 2 aromatic rings. The lowest BCUT2D eigenvalue weighted by Gasteiger charge is -2.23. The summed E-state index contributed by atoms with van der Waals surface area (Å²) in [5, 5.41) is 0. The van der Waals surface area contributed by atoms with E-state index in [1.165, 1.54) is 4.57 Å². The van der Waals surface area contributed by atoms with Crippen molar-refractivity contribution >= 4 is 5.91 Å². The van der Waals surface area contributed by atoms with Crippen LogP contribution in [0.3, 0.4) is 0 Å². The number of hydrogen-bond donors (Lipinski definition) is 0. The third-order valence-electron chi connectivity index (χ3n) is 3.93. The molecule has 0 unspecified atom stereocenters. The summed E-state index contributed by atoms with van der Waals surface area (Å²) in [5.74, 6) is 0.526. The van der Waals surface area contributed by atoms with Crippen LogP contribution in [0.15, 0.2) is 47.4 Å². The molecule has 0 atom stereocenters. The van der Waals surface area contributed by atoms with Crippen molar-refractivity contribution < 1.29 is 9.53 Å². The Morgan fingerprint density at radius 2 is 2.04 bits per heavy atom. The van der Waals surface area contributed by atoms with Crippen molar-refractivity contribution in [1.29, 1.82) is 0 Å². The number of benzene rings is 1. The minimum Gasteiger partial charge on any atom is -0.497 e. The van der Waals surface area contributed by atoms with Gasteiger partial charge in [-0.25, -0.2) is 0 Å². The predicted octanol–water partition coefficient (Wildman–Crippen LogP) is 2.84. The lowest BCUT2D eigenvalue weighted by Crippen LogP contribution is -2.36. The molecule has 0 radical (unpaired) electrons. The molecule has 0 spiro atoms. The maximum atomic E-state index is 12.9. The van der Waals surface area contributed by atoms with E-state index in [0.717, 1.165) is 24.2 Å². The lowest BCUT2D eigenvalue weighted by atomic mass is 10.1. The van der Waals surface area contributed by atoms with Gasteiger partial charge in [-0.1, -0.05) is 25.5 Å². The van der Waals surface area contributed by atoms with E-state index in [4.69, 9.17) is 4.74 Å². The number of rotatable bonds is 7. The topological polar surface area (TPSA) is 51.5 Å². The molecule has 1 amide bonds. The monoisotopic (exact) mass is 328 g/mol. The van der Waals surface area contributed by atoms with Crippen molar-refractivity contribution in [1.82, 2.24) is 9.47 Å². The van der Waals surface area contributed by atoms with Gasteiger partial charge in [0.05, 0.1) is 7.11 Å². The average Bonchev–Trinajstić information content (AvgIpc) is 2.60. The van der Waals surface area contributed by atoms with E-state index in [2.05, 4.69) is 6.92 Å². The zero-order chi connectivity index (χ0) is 17.5. The number of carbonyl (C=O) groups is 1. The third-order valence-corrected chi connectivity index (χ3v) is 3.93. The summed E-state index contributed by atoms with van der Waals surface area (Å²) < 4.78 is 6.67. The molecular formula is C19H24N2O3. The molecule has 128 valence electrons. The summed E-state index contributed by atoms with van der Waals surface area (Å²) >= 11 is 0. The Bertz CT molecular complexity index is 752. The number of carbonyl (C=O) groups excluding carboxylic acids is 1. The molecule has 0 aliphatic heterocycles. The van der Waals surface area contributed by atoms with Gasteiger partial charge in [-0.05, 0) is 36.2 Å². The fourth-order valence-electron chi connectivity index (χ4n) is 2.52. The molecule has 0 fully saturated rings. The Hall–Kier alpha value is -2.56. The first kappa shape index (κ1) is 17.8. The van der Waals surface area contributed by atoms with E-state index in [9.17, 15) is 9.59 Å². The number of methoxy groups -OCH3 is 1. The highest BCUT2D eigenvalue weighted by atomic mass is 16.5. The summed E-state index contributed by atoms with van der Waals surface area (Å²) in [5.41, 5.74) is 0.917. The molecule has 0 aliphatic carbocycles. The molecule has 5 heteroatoms. The normalized spacial score (nSPS) is 10.5. The van der Waals surface area contributed by atoms with E-state index in [-0.39, 0.29) is 17.0 Å². The molecule has 0 saturated heterocycles. The number of aryl methyl sites for hydroxylation is 1. The van der Waals surface area contributed by atoms with Gasteiger partial charge in [0.15, 0.2) is 0 Å². The summed E-state index contributed by atoms with van der Waals surface area (Å²) in [6, 6.07) is 11.0. The number of hydrogen-bond acceptors (Lipinski definition) is 3. The smallest absolute Gasteiger partial charge is 0.263 e. The molecule has 1 aromatic carbocycles. The van der Waals surface area contributed by atoms with E-state index in [1.807, 2.05) is 24.3 Å². The van der Waals surface area contributed by atoms with Crippen molar-refractivity contribution in [2.24, 2.45) is 7.05 Å². The van der Waals surface area contributed by atoms with Crippen LogP contribution in [-0.2, 0) is 13.6 Å². The first-order chi connectivity index (χ1) is 11.6. The van der Waals surface area contributed by atoms with Gasteiger partial charge in [-0.15, -0.1) is 0 Å². The van der Waals surface area contributed by atoms with Crippen LogP contribution in [0.2, 0.25) is 0 Å². The summed E-state index contributed by atoms with van der Waals surface area (Å²) in [7, 11) is 3.27. The number of nitrogens with zero attached hydrogens (tertiary/aromatic N) is 2. The molecule has 0 saturated carbocycles. The van der Waals surface area contributed by atoms with Crippen LogP contribution in [0.5, 0.6) is 5.75 Å². The Balaban J connectivity index is 2.28. The van der Waals surface area contributed by atoms with Gasteiger partial charge in [-0.2, -0.15) is 0 Å². The SMILES string of the molecule is CCCCN(Cc1cccc(OC)c1)C(=O)c1cccn(C)c1=O. The Labute approximate surface area is 142 Å². The molecule has 0 N–H and O–H groups in total. The number of aromatic nitrogens is 1. The predicted molar refractivity (Wildman–Crippen MR) is 94.3 cm³/mol. The highest BCUT2D eigenvalue weighted by Crippen LogP contribution is 2.16. The van der Waals surface area contributed by atoms with Crippen molar-refractivity contribution in [3.63, 3.8) is 0 Å². The second kappa shape index (κ2) is 8.34. The zero-order valence-corrected chi connectivity index (χ0v) is 14.5. The first-order valence-electron chi connectivity index (χ1n) is 8.14. The van der Waals surface area contributed by atoms with E-state index >= 15 is 0 Å². The summed E-state index contributed by atoms with van der Waals surface area (Å²) in [6.45, 7) is 3.15. The van der Waals surface area contributed by atoms with Crippen LogP contribution in [0.25, 0.3) is 0 Å². The first-order valence-corrected chi connectivity index (χ1v) is 8.14. The van der Waals surface area contributed by atoms with E-state index in [0.29, 0.717) is 13.1 Å². The minimum absolute atomic E-state index is 0.207. The van der Waals surface area contributed by atoms with E-state index in [1.54, 1.807) is 37.4 Å². The molecule has 1 heterocycles. The van der Waals surface area contributed by atoms with Gasteiger partial charge in [0.2, 0.25) is 0 Å². The van der Waals surface area contributed by atoms with Crippen molar-refractivity contribution in [3.05, 3.63) is 64.1 Å². The Morgan fingerprint density at radius 3 is 2.75 bits per heavy atom. The van der Waals surface area contributed by atoms with Gasteiger partial charge in [0.1, 0.15) is 11.3 Å². The zero-order valence-electron chi connectivity index (χ0n) is 14.5. The van der Waals surface area contributed by atoms with Gasteiger partial charge < -0.3 is 14.2 Å². The number of pyridine rings is 1. The second-order valence-electron chi connectivity index (χ2n) is 5.77. The molecule has 5 nitrogen and oxygen atoms in total. The third kappa shape index (κ3) is 4.25. The van der Waals surface area contributed by atoms with Gasteiger partial charge in [0.25, 0.3) is 11.5 Å².